The first-order valence-corrected chi connectivity index (χ1v) is 9.02. The predicted octanol–water partition coefficient (Wildman–Crippen LogP) is 2.60. The lowest BCUT2D eigenvalue weighted by Gasteiger charge is -2.18. The highest BCUT2D eigenvalue weighted by Crippen LogP contribution is 2.23. The average molecular weight is 354 g/mol. The van der Waals surface area contributed by atoms with E-state index < -0.39 is 16.1 Å². The molecule has 0 aliphatic rings. The highest BCUT2D eigenvalue weighted by molar-refractivity contribution is 7.92. The summed E-state index contributed by atoms with van der Waals surface area (Å²) in [5.41, 5.74) is 1.46. The van der Waals surface area contributed by atoms with Crippen molar-refractivity contribution in [1.82, 2.24) is 10.3 Å². The van der Waals surface area contributed by atoms with E-state index in [0.717, 1.165) is 6.26 Å². The minimum absolute atomic E-state index is 0.303. The molecule has 1 atom stereocenters. The summed E-state index contributed by atoms with van der Waals surface area (Å²) in [6, 6.07) is 9.58. The minimum Gasteiger partial charge on any atom is -0.345 e. The summed E-state index contributed by atoms with van der Waals surface area (Å²) < 4.78 is 25.3. The van der Waals surface area contributed by atoms with E-state index in [1.807, 2.05) is 0 Å². The van der Waals surface area contributed by atoms with Crippen LogP contribution in [-0.4, -0.2) is 25.6 Å². The van der Waals surface area contributed by atoms with Crippen molar-refractivity contribution in [2.45, 2.75) is 13.0 Å². The van der Waals surface area contributed by atoms with Crippen LogP contribution in [0.25, 0.3) is 0 Å². The smallest absolute Gasteiger partial charge is 0.253 e. The Hall–Kier alpha value is -2.12. The number of nitrogens with one attached hydrogen (secondary N) is 2. The SMILES string of the molecule is CC(NC(=O)c1ccc(Cl)nc1)c1ccccc1NS(C)(=O)=O. The first kappa shape index (κ1) is 17.2. The van der Waals surface area contributed by atoms with E-state index in [4.69, 9.17) is 11.6 Å². The second kappa shape index (κ2) is 6.97. The molecular formula is C15H16ClN3O3S. The van der Waals surface area contributed by atoms with Crippen molar-refractivity contribution in [3.05, 3.63) is 58.9 Å². The van der Waals surface area contributed by atoms with Gasteiger partial charge in [0, 0.05) is 6.20 Å². The lowest BCUT2D eigenvalue weighted by atomic mass is 10.1. The molecule has 0 aliphatic carbocycles. The van der Waals surface area contributed by atoms with Crippen molar-refractivity contribution in [2.75, 3.05) is 11.0 Å². The van der Waals surface area contributed by atoms with Crippen molar-refractivity contribution in [2.24, 2.45) is 0 Å². The normalized spacial score (nSPS) is 12.5. The lowest BCUT2D eigenvalue weighted by molar-refractivity contribution is 0.0939. The van der Waals surface area contributed by atoms with E-state index in [9.17, 15) is 13.2 Å². The van der Waals surface area contributed by atoms with Gasteiger partial charge in [-0.15, -0.1) is 0 Å². The Bertz CT molecular complexity index is 807. The minimum atomic E-state index is -3.41. The van der Waals surface area contributed by atoms with Crippen molar-refractivity contribution in [3.63, 3.8) is 0 Å². The molecule has 2 aromatic rings. The van der Waals surface area contributed by atoms with Crippen molar-refractivity contribution in [3.8, 4) is 0 Å². The highest BCUT2D eigenvalue weighted by atomic mass is 35.5. The number of amides is 1. The number of carbonyl (C=O) groups is 1. The number of benzene rings is 1. The molecule has 1 heterocycles. The monoisotopic (exact) mass is 353 g/mol. The third kappa shape index (κ3) is 4.94. The summed E-state index contributed by atoms with van der Waals surface area (Å²) in [5.74, 6) is -0.323. The molecule has 0 radical (unpaired) electrons. The van der Waals surface area contributed by atoms with Crippen LogP contribution in [0.1, 0.15) is 28.9 Å². The van der Waals surface area contributed by atoms with Gasteiger partial charge < -0.3 is 5.32 Å². The number of nitrogens with zero attached hydrogens (tertiary/aromatic N) is 1. The first-order valence-electron chi connectivity index (χ1n) is 6.75. The van der Waals surface area contributed by atoms with E-state index in [2.05, 4.69) is 15.0 Å². The summed E-state index contributed by atoms with van der Waals surface area (Å²) >= 11 is 5.69. The Morgan fingerprint density at radius 3 is 2.52 bits per heavy atom. The first-order chi connectivity index (χ1) is 10.8. The quantitative estimate of drug-likeness (QED) is 0.809. The number of aromatic nitrogens is 1. The van der Waals surface area contributed by atoms with Gasteiger partial charge in [0.05, 0.1) is 23.5 Å². The Labute approximate surface area is 139 Å². The van der Waals surface area contributed by atoms with Crippen molar-refractivity contribution >= 4 is 33.2 Å². The summed E-state index contributed by atoms with van der Waals surface area (Å²) in [4.78, 5) is 16.1. The maximum Gasteiger partial charge on any atom is 0.253 e. The zero-order chi connectivity index (χ0) is 17.0. The molecule has 0 spiro atoms. The number of para-hydroxylation sites is 1. The van der Waals surface area contributed by atoms with Crippen molar-refractivity contribution < 1.29 is 13.2 Å². The Kier molecular flexibility index (Phi) is 5.23. The average Bonchev–Trinajstić information content (AvgIpc) is 2.46. The van der Waals surface area contributed by atoms with Crippen LogP contribution in [0.2, 0.25) is 5.15 Å². The molecule has 0 saturated heterocycles. The van der Waals surface area contributed by atoms with Gasteiger partial charge in [-0.1, -0.05) is 29.8 Å². The standard InChI is InChI=1S/C15H16ClN3O3S/c1-10(18-15(20)11-7-8-14(16)17-9-11)12-5-3-4-6-13(12)19-23(2,21)22/h3-10,19H,1-2H3,(H,18,20). The number of halogens is 1. The molecule has 0 bridgehead atoms. The van der Waals surface area contributed by atoms with Gasteiger partial charge in [-0.3, -0.25) is 9.52 Å². The number of hydrogen-bond acceptors (Lipinski definition) is 4. The van der Waals surface area contributed by atoms with E-state index >= 15 is 0 Å². The van der Waals surface area contributed by atoms with E-state index in [0.29, 0.717) is 22.0 Å². The number of sulfonamides is 1. The Morgan fingerprint density at radius 1 is 1.22 bits per heavy atom. The lowest BCUT2D eigenvalue weighted by Crippen LogP contribution is -2.27. The summed E-state index contributed by atoms with van der Waals surface area (Å²) in [5, 5.41) is 3.10. The number of anilines is 1. The molecule has 122 valence electrons. The molecule has 1 amide bonds. The Morgan fingerprint density at radius 2 is 1.91 bits per heavy atom. The van der Waals surface area contributed by atoms with Gasteiger partial charge in [0.15, 0.2) is 0 Å². The fourth-order valence-electron chi connectivity index (χ4n) is 2.04. The van der Waals surface area contributed by atoms with Crippen LogP contribution >= 0.6 is 11.6 Å². The predicted molar refractivity (Wildman–Crippen MR) is 90.0 cm³/mol. The van der Waals surface area contributed by atoms with Crippen LogP contribution < -0.4 is 10.0 Å². The largest absolute Gasteiger partial charge is 0.345 e. The van der Waals surface area contributed by atoms with Crippen LogP contribution in [-0.2, 0) is 10.0 Å². The van der Waals surface area contributed by atoms with Gasteiger partial charge in [0.1, 0.15) is 5.15 Å². The third-order valence-corrected chi connectivity index (χ3v) is 3.87. The highest BCUT2D eigenvalue weighted by Gasteiger charge is 2.16. The molecule has 1 aromatic carbocycles. The van der Waals surface area contributed by atoms with Gasteiger partial charge in [-0.05, 0) is 30.7 Å². The van der Waals surface area contributed by atoms with Gasteiger partial charge >= 0.3 is 0 Å². The van der Waals surface area contributed by atoms with Crippen LogP contribution in [0.15, 0.2) is 42.6 Å². The fourth-order valence-corrected chi connectivity index (χ4v) is 2.73. The second-order valence-corrected chi connectivity index (χ2v) is 7.16. The summed E-state index contributed by atoms with van der Waals surface area (Å²) in [6.07, 6.45) is 2.46. The van der Waals surface area contributed by atoms with E-state index in [1.54, 1.807) is 37.3 Å². The zero-order valence-corrected chi connectivity index (χ0v) is 14.1. The molecule has 6 nitrogen and oxygen atoms in total. The second-order valence-electron chi connectivity index (χ2n) is 5.03. The zero-order valence-electron chi connectivity index (χ0n) is 12.6. The van der Waals surface area contributed by atoms with E-state index in [1.165, 1.54) is 12.3 Å². The third-order valence-electron chi connectivity index (χ3n) is 3.06. The molecule has 0 aliphatic heterocycles. The van der Waals surface area contributed by atoms with Crippen LogP contribution in [0, 0.1) is 0 Å². The topological polar surface area (TPSA) is 88.2 Å². The van der Waals surface area contributed by atoms with Gasteiger partial charge in [-0.25, -0.2) is 13.4 Å². The van der Waals surface area contributed by atoms with E-state index in [-0.39, 0.29) is 5.91 Å². The molecule has 2 rings (SSSR count). The molecular weight excluding hydrogens is 338 g/mol. The summed E-state index contributed by atoms with van der Waals surface area (Å²) in [7, 11) is -3.41. The molecule has 0 saturated carbocycles. The number of carbonyl (C=O) groups excluding carboxylic acids is 1. The number of rotatable bonds is 5. The molecule has 1 unspecified atom stereocenters. The van der Waals surface area contributed by atoms with Gasteiger partial charge in [0.25, 0.3) is 5.91 Å². The maximum atomic E-state index is 12.2. The van der Waals surface area contributed by atoms with Crippen LogP contribution in [0.5, 0.6) is 0 Å². The Balaban J connectivity index is 2.19. The van der Waals surface area contributed by atoms with Gasteiger partial charge in [0.2, 0.25) is 10.0 Å². The van der Waals surface area contributed by atoms with Crippen molar-refractivity contribution in [1.29, 1.82) is 0 Å². The van der Waals surface area contributed by atoms with Crippen LogP contribution in [0.3, 0.4) is 0 Å². The molecule has 1 aromatic heterocycles. The van der Waals surface area contributed by atoms with Crippen LogP contribution in [0.4, 0.5) is 5.69 Å². The molecule has 8 heteroatoms. The maximum absolute atomic E-state index is 12.2. The molecule has 2 N–H and O–H groups in total. The fraction of sp³-hybridized carbons (Fsp3) is 0.200. The molecule has 23 heavy (non-hydrogen) atoms. The molecule has 0 fully saturated rings. The van der Waals surface area contributed by atoms with Gasteiger partial charge in [-0.2, -0.15) is 0 Å². The number of pyridine rings is 1. The summed E-state index contributed by atoms with van der Waals surface area (Å²) in [6.45, 7) is 1.77. The number of hydrogen-bond donors (Lipinski definition) is 2.